The van der Waals surface area contributed by atoms with Crippen molar-refractivity contribution in [2.45, 2.75) is 13.1 Å². The van der Waals surface area contributed by atoms with E-state index in [1.165, 1.54) is 0 Å². The summed E-state index contributed by atoms with van der Waals surface area (Å²) in [7, 11) is 0. The van der Waals surface area contributed by atoms with Gasteiger partial charge in [0.2, 0.25) is 0 Å². The molecule has 0 fully saturated rings. The number of carboxylic acid groups (broad SMARTS) is 2. The molecular formula is C6H6N12O8. The molecule has 20 heteroatoms. The van der Waals surface area contributed by atoms with Crippen LogP contribution in [-0.2, 0) is 13.1 Å². The first-order chi connectivity index (χ1) is 12.2. The van der Waals surface area contributed by atoms with E-state index < -0.39 is 33.5 Å². The SMILES string of the molecule is O=C(O)n1nnn(CCn2nnn(C(=O)O)/c2=N/[N+](=O)[O-])c1=N[N+](=O)[O-]. The van der Waals surface area contributed by atoms with Crippen molar-refractivity contribution >= 4 is 12.2 Å². The van der Waals surface area contributed by atoms with Crippen molar-refractivity contribution in [3.63, 3.8) is 0 Å². The Bertz CT molecular complexity index is 937. The van der Waals surface area contributed by atoms with E-state index in [4.69, 9.17) is 10.2 Å². The van der Waals surface area contributed by atoms with Gasteiger partial charge in [-0.2, -0.15) is 0 Å². The lowest BCUT2D eigenvalue weighted by molar-refractivity contribution is -0.491. The van der Waals surface area contributed by atoms with E-state index in [2.05, 4.69) is 31.1 Å². The summed E-state index contributed by atoms with van der Waals surface area (Å²) in [5.74, 6) is 0. The summed E-state index contributed by atoms with van der Waals surface area (Å²) in [4.78, 5) is 42.8. The second-order valence-electron chi connectivity index (χ2n) is 4.07. The highest BCUT2D eigenvalue weighted by molar-refractivity contribution is 5.66. The first-order valence-corrected chi connectivity index (χ1v) is 6.11. The fraction of sp³-hybridized carbons (Fsp3) is 0.333. The summed E-state index contributed by atoms with van der Waals surface area (Å²) in [5, 5.41) is 55.0. The molecule has 2 rings (SSSR count). The minimum Gasteiger partial charge on any atom is -0.463 e. The lowest BCUT2D eigenvalue weighted by Crippen LogP contribution is -2.35. The third kappa shape index (κ3) is 3.69. The molecule has 0 amide bonds. The molecule has 0 bridgehead atoms. The Labute approximate surface area is 137 Å². The molecular weight excluding hydrogens is 368 g/mol. The van der Waals surface area contributed by atoms with Gasteiger partial charge in [-0.1, -0.05) is 0 Å². The normalized spacial score (nSPS) is 12.3. The van der Waals surface area contributed by atoms with Gasteiger partial charge in [-0.25, -0.2) is 39.2 Å². The molecule has 0 aromatic carbocycles. The molecule has 0 saturated carbocycles. The van der Waals surface area contributed by atoms with Gasteiger partial charge in [0.1, 0.15) is 10.2 Å². The maximum Gasteiger partial charge on any atom is 0.437 e. The number of hydrogen-bond donors (Lipinski definition) is 2. The summed E-state index contributed by atoms with van der Waals surface area (Å²) in [6.45, 7) is -0.771. The number of aryl methyl sites for hydroxylation is 2. The van der Waals surface area contributed by atoms with Crippen LogP contribution in [0.1, 0.15) is 0 Å². The highest BCUT2D eigenvalue weighted by Gasteiger charge is 2.17. The number of nitro groups is 2. The van der Waals surface area contributed by atoms with Crippen LogP contribution in [0.4, 0.5) is 9.59 Å². The molecule has 2 heterocycles. The van der Waals surface area contributed by atoms with E-state index >= 15 is 0 Å². The average molecular weight is 374 g/mol. The highest BCUT2D eigenvalue weighted by Crippen LogP contribution is 1.84. The van der Waals surface area contributed by atoms with Crippen molar-refractivity contribution in [1.82, 2.24) is 39.6 Å². The molecule has 0 aliphatic rings. The van der Waals surface area contributed by atoms with E-state index in [1.54, 1.807) is 0 Å². The van der Waals surface area contributed by atoms with E-state index in [0.29, 0.717) is 9.36 Å². The van der Waals surface area contributed by atoms with Crippen LogP contribution in [0.15, 0.2) is 10.2 Å². The molecule has 20 nitrogen and oxygen atoms in total. The van der Waals surface area contributed by atoms with Crippen LogP contribution in [0.25, 0.3) is 0 Å². The predicted octanol–water partition coefficient (Wildman–Crippen LogP) is -3.59. The van der Waals surface area contributed by atoms with E-state index in [1.807, 2.05) is 0 Å². The zero-order chi connectivity index (χ0) is 19.4. The minimum absolute atomic E-state index is 0.115. The van der Waals surface area contributed by atoms with Gasteiger partial charge in [0.15, 0.2) is 10.1 Å². The summed E-state index contributed by atoms with van der Waals surface area (Å²) >= 11 is 0. The van der Waals surface area contributed by atoms with Gasteiger partial charge in [-0.3, -0.25) is 0 Å². The summed E-state index contributed by atoms with van der Waals surface area (Å²) in [6, 6.07) is 0. The lowest BCUT2D eigenvalue weighted by Gasteiger charge is -1.98. The quantitative estimate of drug-likeness (QED) is 0.292. The van der Waals surface area contributed by atoms with Crippen LogP contribution >= 0.6 is 0 Å². The molecule has 0 atom stereocenters. The Morgan fingerprint density at radius 3 is 1.46 bits per heavy atom. The zero-order valence-corrected chi connectivity index (χ0v) is 12.1. The molecule has 26 heavy (non-hydrogen) atoms. The predicted molar refractivity (Wildman–Crippen MR) is 68.0 cm³/mol. The zero-order valence-electron chi connectivity index (χ0n) is 12.1. The van der Waals surface area contributed by atoms with Crippen LogP contribution in [0.2, 0.25) is 0 Å². The molecule has 2 aromatic heterocycles. The number of nitrogens with zero attached hydrogens (tertiary/aromatic N) is 12. The third-order valence-corrected chi connectivity index (χ3v) is 2.54. The van der Waals surface area contributed by atoms with Crippen molar-refractivity contribution in [1.29, 1.82) is 0 Å². The smallest absolute Gasteiger partial charge is 0.437 e. The Morgan fingerprint density at radius 1 is 0.846 bits per heavy atom. The van der Waals surface area contributed by atoms with Gasteiger partial charge >= 0.3 is 23.4 Å². The molecule has 2 N–H and O–H groups in total. The maximum atomic E-state index is 10.9. The molecule has 0 unspecified atom stereocenters. The molecule has 0 aliphatic carbocycles. The Kier molecular flexibility index (Phi) is 4.75. The van der Waals surface area contributed by atoms with E-state index in [9.17, 15) is 29.8 Å². The number of aromatic nitrogens is 8. The second-order valence-corrected chi connectivity index (χ2v) is 4.07. The summed E-state index contributed by atoms with van der Waals surface area (Å²) in [5.41, 5.74) is -1.55. The van der Waals surface area contributed by atoms with Gasteiger partial charge in [-0.15, -0.1) is 9.36 Å². The van der Waals surface area contributed by atoms with Crippen LogP contribution in [-0.4, -0.2) is 72.0 Å². The molecule has 2 aromatic rings. The van der Waals surface area contributed by atoms with Crippen molar-refractivity contribution in [3.8, 4) is 0 Å². The van der Waals surface area contributed by atoms with Gasteiger partial charge in [0.05, 0.1) is 13.1 Å². The Morgan fingerprint density at radius 2 is 1.19 bits per heavy atom. The highest BCUT2D eigenvalue weighted by atomic mass is 16.7. The van der Waals surface area contributed by atoms with E-state index in [0.717, 1.165) is 0 Å². The first kappa shape index (κ1) is 17.8. The van der Waals surface area contributed by atoms with Crippen molar-refractivity contribution in [2.24, 2.45) is 10.2 Å². The van der Waals surface area contributed by atoms with Crippen LogP contribution < -0.4 is 11.2 Å². The van der Waals surface area contributed by atoms with Crippen molar-refractivity contribution < 1.29 is 29.9 Å². The molecule has 0 saturated heterocycles. The Hall–Kier alpha value is -4.52. The van der Waals surface area contributed by atoms with Crippen LogP contribution in [0.5, 0.6) is 0 Å². The number of tetrazole rings is 2. The summed E-state index contributed by atoms with van der Waals surface area (Å²) < 4.78 is 1.59. The molecule has 0 radical (unpaired) electrons. The lowest BCUT2D eigenvalue weighted by atomic mass is 10.6. The molecule has 0 aliphatic heterocycles. The van der Waals surface area contributed by atoms with Gasteiger partial charge < -0.3 is 10.2 Å². The largest absolute Gasteiger partial charge is 0.463 e. The molecule has 0 spiro atoms. The average Bonchev–Trinajstić information content (AvgIpc) is 3.08. The number of hydrogen-bond acceptors (Lipinski definition) is 10. The van der Waals surface area contributed by atoms with Crippen molar-refractivity contribution in [2.75, 3.05) is 0 Å². The maximum absolute atomic E-state index is 10.9. The first-order valence-electron chi connectivity index (χ1n) is 6.11. The standard InChI is InChI=1S/C6H6N12O8/c19-5(20)15-3(7-17(23)24)13(9-11-15)1-2-14-4(8-18(25)26)16(6(21)22)12-10-14/h1-2H2,(H,19,20)(H,21,22)/b7-3+,8-4?. The van der Waals surface area contributed by atoms with E-state index in [-0.39, 0.29) is 22.5 Å². The second kappa shape index (κ2) is 6.93. The number of rotatable bonds is 5. The minimum atomic E-state index is -1.70. The monoisotopic (exact) mass is 374 g/mol. The van der Waals surface area contributed by atoms with Gasteiger partial charge in [-0.05, 0) is 20.9 Å². The summed E-state index contributed by atoms with van der Waals surface area (Å²) in [6.07, 6.45) is -3.41. The van der Waals surface area contributed by atoms with Gasteiger partial charge in [0, 0.05) is 0 Å². The fourth-order valence-corrected chi connectivity index (χ4v) is 1.62. The fourth-order valence-electron chi connectivity index (χ4n) is 1.62. The topological polar surface area (TPSA) is 257 Å². The van der Waals surface area contributed by atoms with Gasteiger partial charge in [0.25, 0.3) is 0 Å². The third-order valence-electron chi connectivity index (χ3n) is 2.54. The van der Waals surface area contributed by atoms with Crippen LogP contribution in [0, 0.1) is 20.2 Å². The van der Waals surface area contributed by atoms with Crippen molar-refractivity contribution in [3.05, 3.63) is 31.5 Å². The molecule has 138 valence electrons. The Balaban J connectivity index is 2.42. The van der Waals surface area contributed by atoms with Crippen LogP contribution in [0.3, 0.4) is 0 Å². The number of carbonyl (C=O) groups is 2.